The first kappa shape index (κ1) is 16.3. The lowest BCUT2D eigenvalue weighted by Crippen LogP contribution is -2.39. The van der Waals surface area contributed by atoms with Crippen molar-refractivity contribution in [2.75, 3.05) is 31.6 Å². The Labute approximate surface area is 122 Å². The Kier molecular flexibility index (Phi) is 6.29. The third-order valence-corrected chi connectivity index (χ3v) is 3.58. The van der Waals surface area contributed by atoms with Gasteiger partial charge in [0.2, 0.25) is 17.8 Å². The van der Waals surface area contributed by atoms with E-state index >= 15 is 0 Å². The Bertz CT molecular complexity index is 475. The van der Waals surface area contributed by atoms with E-state index in [9.17, 15) is 9.59 Å². The molecule has 0 aromatic carbocycles. The number of hydrogen-bond acceptors (Lipinski definition) is 6. The van der Waals surface area contributed by atoms with Gasteiger partial charge < -0.3 is 16.0 Å². The first-order valence-electron chi connectivity index (χ1n) is 6.24. The van der Waals surface area contributed by atoms with Crippen LogP contribution >= 0.6 is 11.8 Å². The van der Waals surface area contributed by atoms with Gasteiger partial charge in [-0.2, -0.15) is 0 Å². The van der Waals surface area contributed by atoms with Gasteiger partial charge in [0.15, 0.2) is 5.16 Å². The number of carbonyl (C=O) groups excluding carboxylic acids is 2. The summed E-state index contributed by atoms with van der Waals surface area (Å²) in [5.41, 5.74) is 5.55. The number of carbonyl (C=O) groups is 2. The number of nitrogens with zero attached hydrogens (tertiary/aromatic N) is 4. The number of nitrogen functional groups attached to an aromatic ring is 1. The summed E-state index contributed by atoms with van der Waals surface area (Å²) in [6.45, 7) is 2.65. The van der Waals surface area contributed by atoms with E-state index in [-0.39, 0.29) is 24.1 Å². The Morgan fingerprint density at radius 1 is 1.45 bits per heavy atom. The average molecular weight is 300 g/mol. The molecule has 1 aromatic heterocycles. The largest absolute Gasteiger partial charge is 0.368 e. The molecule has 20 heavy (non-hydrogen) atoms. The summed E-state index contributed by atoms with van der Waals surface area (Å²) in [7, 11) is 3.32. The van der Waals surface area contributed by atoms with Crippen molar-refractivity contribution in [3.8, 4) is 0 Å². The highest BCUT2D eigenvalue weighted by Gasteiger charge is 2.15. The van der Waals surface area contributed by atoms with Gasteiger partial charge in [0.1, 0.15) is 0 Å². The third kappa shape index (κ3) is 4.72. The molecule has 2 amide bonds. The zero-order valence-electron chi connectivity index (χ0n) is 11.9. The molecule has 0 atom stereocenters. The lowest BCUT2D eigenvalue weighted by Gasteiger charge is -2.16. The summed E-state index contributed by atoms with van der Waals surface area (Å²) in [5, 5.41) is 10.8. The fourth-order valence-corrected chi connectivity index (χ4v) is 2.17. The van der Waals surface area contributed by atoms with E-state index in [0.717, 1.165) is 6.42 Å². The van der Waals surface area contributed by atoms with Gasteiger partial charge in [0, 0.05) is 20.6 Å². The van der Waals surface area contributed by atoms with Gasteiger partial charge in [0.05, 0.1) is 12.3 Å². The molecule has 1 heterocycles. The molecular formula is C11H20N6O2S. The fraction of sp³-hybridized carbons (Fsp3) is 0.636. The van der Waals surface area contributed by atoms with Gasteiger partial charge in [-0.3, -0.25) is 14.2 Å². The molecule has 0 aliphatic rings. The van der Waals surface area contributed by atoms with Gasteiger partial charge in [0.25, 0.3) is 0 Å². The Balaban J connectivity index is 2.38. The fourth-order valence-electron chi connectivity index (χ4n) is 1.31. The maximum atomic E-state index is 11.9. The number of aromatic nitrogens is 3. The Hall–Kier alpha value is -1.77. The minimum Gasteiger partial charge on any atom is -0.368 e. The third-order valence-electron chi connectivity index (χ3n) is 2.57. The van der Waals surface area contributed by atoms with Crippen LogP contribution in [0.4, 0.5) is 5.95 Å². The normalized spacial score (nSPS) is 10.3. The van der Waals surface area contributed by atoms with Gasteiger partial charge in [-0.1, -0.05) is 18.7 Å². The molecule has 0 unspecified atom stereocenters. The van der Waals surface area contributed by atoms with E-state index in [0.29, 0.717) is 17.6 Å². The van der Waals surface area contributed by atoms with Crippen LogP contribution in [0.2, 0.25) is 0 Å². The van der Waals surface area contributed by atoms with Crippen molar-refractivity contribution < 1.29 is 9.59 Å². The lowest BCUT2D eigenvalue weighted by molar-refractivity contribution is -0.132. The second-order valence-electron chi connectivity index (χ2n) is 4.29. The number of rotatable bonds is 7. The van der Waals surface area contributed by atoms with E-state index in [4.69, 9.17) is 5.73 Å². The highest BCUT2D eigenvalue weighted by atomic mass is 32.2. The summed E-state index contributed by atoms with van der Waals surface area (Å²) in [6.07, 6.45) is 0.868. The predicted molar refractivity (Wildman–Crippen MR) is 77.1 cm³/mol. The highest BCUT2D eigenvalue weighted by Crippen LogP contribution is 2.16. The maximum absolute atomic E-state index is 11.9. The van der Waals surface area contributed by atoms with Gasteiger partial charge in [-0.25, -0.2) is 0 Å². The minimum atomic E-state index is -0.157. The SMILES string of the molecule is CCCNC(=O)CN(C)C(=O)CSc1nnc(N)n1C. The molecule has 112 valence electrons. The molecule has 0 aliphatic heterocycles. The first-order valence-corrected chi connectivity index (χ1v) is 7.22. The summed E-state index contributed by atoms with van der Waals surface area (Å²) in [4.78, 5) is 24.8. The van der Waals surface area contributed by atoms with E-state index in [1.54, 1.807) is 18.7 Å². The quantitative estimate of drug-likeness (QED) is 0.656. The molecular weight excluding hydrogens is 280 g/mol. The topological polar surface area (TPSA) is 106 Å². The Morgan fingerprint density at radius 2 is 2.15 bits per heavy atom. The summed E-state index contributed by atoms with van der Waals surface area (Å²) in [6, 6.07) is 0. The van der Waals surface area contributed by atoms with E-state index in [1.165, 1.54) is 16.7 Å². The monoisotopic (exact) mass is 300 g/mol. The van der Waals surface area contributed by atoms with Crippen molar-refractivity contribution in [2.24, 2.45) is 7.05 Å². The molecule has 0 saturated heterocycles. The van der Waals surface area contributed by atoms with E-state index < -0.39 is 0 Å². The van der Waals surface area contributed by atoms with Crippen LogP contribution in [0.15, 0.2) is 5.16 Å². The molecule has 1 aromatic rings. The van der Waals surface area contributed by atoms with Crippen molar-refractivity contribution in [2.45, 2.75) is 18.5 Å². The van der Waals surface area contributed by atoms with Crippen molar-refractivity contribution >= 4 is 29.5 Å². The number of likely N-dealkylation sites (N-methyl/N-ethyl adjacent to an activating group) is 1. The van der Waals surface area contributed by atoms with Crippen LogP contribution in [-0.2, 0) is 16.6 Å². The van der Waals surface area contributed by atoms with Gasteiger partial charge in [-0.15, -0.1) is 10.2 Å². The number of amides is 2. The highest BCUT2D eigenvalue weighted by molar-refractivity contribution is 7.99. The number of anilines is 1. The number of hydrogen-bond donors (Lipinski definition) is 2. The molecule has 0 bridgehead atoms. The summed E-state index contributed by atoms with van der Waals surface area (Å²) < 4.78 is 1.60. The van der Waals surface area contributed by atoms with Crippen molar-refractivity contribution in [1.29, 1.82) is 0 Å². The van der Waals surface area contributed by atoms with E-state index in [1.807, 2.05) is 6.92 Å². The molecule has 0 saturated carbocycles. The van der Waals surface area contributed by atoms with Crippen molar-refractivity contribution in [3.05, 3.63) is 0 Å². The van der Waals surface area contributed by atoms with Crippen LogP contribution in [0.1, 0.15) is 13.3 Å². The van der Waals surface area contributed by atoms with Crippen LogP contribution in [-0.4, -0.2) is 57.4 Å². The molecule has 0 aliphatic carbocycles. The molecule has 1 rings (SSSR count). The number of nitrogens with one attached hydrogen (secondary N) is 1. The maximum Gasteiger partial charge on any atom is 0.239 e. The van der Waals surface area contributed by atoms with Crippen LogP contribution < -0.4 is 11.1 Å². The van der Waals surface area contributed by atoms with Crippen LogP contribution in [0.3, 0.4) is 0 Å². The zero-order valence-corrected chi connectivity index (χ0v) is 12.7. The first-order chi connectivity index (χ1) is 9.45. The standard InChI is InChI=1S/C11H20N6O2S/c1-4-5-13-8(18)6-16(2)9(19)7-20-11-15-14-10(12)17(11)3/h4-7H2,1-3H3,(H2,12,14)(H,13,18). The second-order valence-corrected chi connectivity index (χ2v) is 5.23. The van der Waals surface area contributed by atoms with Crippen LogP contribution in [0.25, 0.3) is 0 Å². The summed E-state index contributed by atoms with van der Waals surface area (Å²) in [5.74, 6) is 0.176. The molecule has 8 nitrogen and oxygen atoms in total. The van der Waals surface area contributed by atoms with Crippen molar-refractivity contribution in [1.82, 2.24) is 25.0 Å². The minimum absolute atomic E-state index is 0.0559. The molecule has 9 heteroatoms. The molecule has 3 N–H and O–H groups in total. The van der Waals surface area contributed by atoms with Crippen LogP contribution in [0, 0.1) is 0 Å². The smallest absolute Gasteiger partial charge is 0.239 e. The molecule has 0 fully saturated rings. The lowest BCUT2D eigenvalue weighted by atomic mass is 10.4. The van der Waals surface area contributed by atoms with Gasteiger partial charge in [-0.05, 0) is 6.42 Å². The zero-order chi connectivity index (χ0) is 15.1. The molecule has 0 radical (unpaired) electrons. The number of thioether (sulfide) groups is 1. The Morgan fingerprint density at radius 3 is 2.70 bits per heavy atom. The summed E-state index contributed by atoms with van der Waals surface area (Å²) >= 11 is 1.24. The van der Waals surface area contributed by atoms with E-state index in [2.05, 4.69) is 15.5 Å². The van der Waals surface area contributed by atoms with Gasteiger partial charge >= 0.3 is 0 Å². The predicted octanol–water partition coefficient (Wildman–Crippen LogP) is -0.526. The second kappa shape index (κ2) is 7.73. The van der Waals surface area contributed by atoms with Crippen LogP contribution in [0.5, 0.6) is 0 Å². The number of nitrogens with two attached hydrogens (primary N) is 1. The van der Waals surface area contributed by atoms with Crippen molar-refractivity contribution in [3.63, 3.8) is 0 Å². The molecule has 0 spiro atoms. The average Bonchev–Trinajstić information content (AvgIpc) is 2.73.